The Balaban J connectivity index is 1.82. The highest BCUT2D eigenvalue weighted by atomic mass is 32.1. The van der Waals surface area contributed by atoms with E-state index in [0.717, 1.165) is 17.8 Å². The number of aromatic nitrogens is 1. The van der Waals surface area contributed by atoms with Gasteiger partial charge in [0.15, 0.2) is 0 Å². The number of hydrogen-bond donors (Lipinski definition) is 2. The number of nitrogens with one attached hydrogen (secondary N) is 1. The molecule has 1 fully saturated rings. The first-order chi connectivity index (χ1) is 9.18. The summed E-state index contributed by atoms with van der Waals surface area (Å²) in [6.45, 7) is 0.523. The molecule has 2 unspecified atom stereocenters. The van der Waals surface area contributed by atoms with Crippen LogP contribution in [0, 0.1) is 11.8 Å². The minimum absolute atomic E-state index is 0.122. The van der Waals surface area contributed by atoms with Crippen LogP contribution >= 0.6 is 11.3 Å². The van der Waals surface area contributed by atoms with Crippen molar-refractivity contribution in [3.8, 4) is 0 Å². The summed E-state index contributed by atoms with van der Waals surface area (Å²) < 4.78 is 0. The Bertz CT molecular complexity index is 433. The van der Waals surface area contributed by atoms with Gasteiger partial charge in [0, 0.05) is 24.5 Å². The van der Waals surface area contributed by atoms with Gasteiger partial charge in [0.05, 0.1) is 16.8 Å². The minimum Gasteiger partial charge on any atom is -0.481 e. The fourth-order valence-electron chi connectivity index (χ4n) is 2.54. The Morgan fingerprint density at radius 1 is 1.37 bits per heavy atom. The lowest BCUT2D eigenvalue weighted by molar-refractivity contribution is -0.148. The Morgan fingerprint density at radius 2 is 2.11 bits per heavy atom. The third-order valence-electron chi connectivity index (χ3n) is 3.54. The van der Waals surface area contributed by atoms with Gasteiger partial charge in [0.2, 0.25) is 5.91 Å². The van der Waals surface area contributed by atoms with E-state index in [0.29, 0.717) is 25.8 Å². The van der Waals surface area contributed by atoms with E-state index >= 15 is 0 Å². The molecule has 2 rings (SSSR count). The van der Waals surface area contributed by atoms with Crippen molar-refractivity contribution in [3.05, 3.63) is 16.6 Å². The summed E-state index contributed by atoms with van der Waals surface area (Å²) in [6.07, 6.45) is 5.57. The summed E-state index contributed by atoms with van der Waals surface area (Å²) in [5.74, 6) is -1.86. The predicted octanol–water partition coefficient (Wildman–Crippen LogP) is 1.69. The van der Waals surface area contributed by atoms with Crippen molar-refractivity contribution >= 4 is 23.2 Å². The first kappa shape index (κ1) is 14.0. The normalized spacial score (nSPS) is 22.9. The SMILES string of the molecule is O=C(O)C1CCCCC1C(=O)NCCc1nccs1. The van der Waals surface area contributed by atoms with Crippen LogP contribution in [0.2, 0.25) is 0 Å². The molecule has 5 nitrogen and oxygen atoms in total. The molecule has 0 aromatic carbocycles. The minimum atomic E-state index is -0.847. The maximum absolute atomic E-state index is 12.0. The molecule has 6 heteroatoms. The standard InChI is InChI=1S/C13H18N2O3S/c16-12(15-6-5-11-14-7-8-19-11)9-3-1-2-4-10(9)13(17)18/h7-10H,1-6H2,(H,15,16)(H,17,18). The fourth-order valence-corrected chi connectivity index (χ4v) is 3.16. The van der Waals surface area contributed by atoms with Gasteiger partial charge in [-0.25, -0.2) is 4.98 Å². The number of nitrogens with zero attached hydrogens (tertiary/aromatic N) is 1. The number of carboxylic acids is 1. The van der Waals surface area contributed by atoms with Gasteiger partial charge in [0.25, 0.3) is 0 Å². The first-order valence-electron chi connectivity index (χ1n) is 6.57. The number of hydrogen-bond acceptors (Lipinski definition) is 4. The highest BCUT2D eigenvalue weighted by molar-refractivity contribution is 7.09. The fraction of sp³-hybridized carbons (Fsp3) is 0.615. The zero-order chi connectivity index (χ0) is 13.7. The van der Waals surface area contributed by atoms with Gasteiger partial charge >= 0.3 is 5.97 Å². The number of rotatable bonds is 5. The predicted molar refractivity (Wildman–Crippen MR) is 71.9 cm³/mol. The van der Waals surface area contributed by atoms with E-state index in [4.69, 9.17) is 5.11 Å². The first-order valence-corrected chi connectivity index (χ1v) is 7.45. The molecule has 1 aromatic heterocycles. The molecule has 2 N–H and O–H groups in total. The second-order valence-corrected chi connectivity index (χ2v) is 5.78. The van der Waals surface area contributed by atoms with Gasteiger partial charge in [-0.3, -0.25) is 9.59 Å². The maximum atomic E-state index is 12.0. The van der Waals surface area contributed by atoms with E-state index in [1.54, 1.807) is 17.5 Å². The molecule has 1 saturated carbocycles. The Kier molecular flexibility index (Phi) is 4.90. The van der Waals surface area contributed by atoms with Gasteiger partial charge in [-0.15, -0.1) is 11.3 Å². The molecule has 104 valence electrons. The van der Waals surface area contributed by atoms with Crippen LogP contribution in [0.4, 0.5) is 0 Å². The lowest BCUT2D eigenvalue weighted by Crippen LogP contribution is -2.40. The molecule has 1 aliphatic carbocycles. The Labute approximate surface area is 116 Å². The van der Waals surface area contributed by atoms with Gasteiger partial charge in [-0.05, 0) is 12.8 Å². The number of carbonyl (C=O) groups excluding carboxylic acids is 1. The monoisotopic (exact) mass is 282 g/mol. The summed E-state index contributed by atoms with van der Waals surface area (Å²) in [6, 6.07) is 0. The lowest BCUT2D eigenvalue weighted by Gasteiger charge is -2.27. The van der Waals surface area contributed by atoms with Crippen LogP contribution in [0.3, 0.4) is 0 Å². The third kappa shape index (κ3) is 3.76. The van der Waals surface area contributed by atoms with Crippen LogP contribution in [0.25, 0.3) is 0 Å². The van der Waals surface area contributed by atoms with Gasteiger partial charge in [-0.2, -0.15) is 0 Å². The number of thiazole rings is 1. The molecular formula is C13H18N2O3S. The smallest absolute Gasteiger partial charge is 0.307 e. The molecule has 0 radical (unpaired) electrons. The average molecular weight is 282 g/mol. The van der Waals surface area contributed by atoms with Crippen LogP contribution in [0.15, 0.2) is 11.6 Å². The molecule has 0 spiro atoms. The second-order valence-electron chi connectivity index (χ2n) is 4.80. The highest BCUT2D eigenvalue weighted by Crippen LogP contribution is 2.30. The molecule has 0 saturated heterocycles. The average Bonchev–Trinajstić information content (AvgIpc) is 2.91. The van der Waals surface area contributed by atoms with Crippen molar-refractivity contribution < 1.29 is 14.7 Å². The van der Waals surface area contributed by atoms with E-state index in [-0.39, 0.29) is 11.8 Å². The number of carbonyl (C=O) groups is 2. The van der Waals surface area contributed by atoms with E-state index in [1.807, 2.05) is 5.38 Å². The van der Waals surface area contributed by atoms with Crippen molar-refractivity contribution in [2.75, 3.05) is 6.54 Å². The highest BCUT2D eigenvalue weighted by Gasteiger charge is 2.35. The molecule has 0 aliphatic heterocycles. The zero-order valence-electron chi connectivity index (χ0n) is 10.7. The lowest BCUT2D eigenvalue weighted by atomic mass is 9.79. The van der Waals surface area contributed by atoms with E-state index < -0.39 is 11.9 Å². The topological polar surface area (TPSA) is 79.3 Å². The number of carboxylic acid groups (broad SMARTS) is 1. The van der Waals surface area contributed by atoms with Crippen LogP contribution in [-0.2, 0) is 16.0 Å². The van der Waals surface area contributed by atoms with E-state index in [9.17, 15) is 9.59 Å². The van der Waals surface area contributed by atoms with E-state index in [2.05, 4.69) is 10.3 Å². The molecule has 1 amide bonds. The van der Waals surface area contributed by atoms with Gasteiger partial charge in [-0.1, -0.05) is 12.8 Å². The van der Waals surface area contributed by atoms with Crippen molar-refractivity contribution in [2.24, 2.45) is 11.8 Å². The Morgan fingerprint density at radius 3 is 2.74 bits per heavy atom. The largest absolute Gasteiger partial charge is 0.481 e. The molecule has 0 bridgehead atoms. The molecule has 2 atom stereocenters. The van der Waals surface area contributed by atoms with Crippen molar-refractivity contribution in [3.63, 3.8) is 0 Å². The molecule has 1 aromatic rings. The van der Waals surface area contributed by atoms with Crippen molar-refractivity contribution in [1.82, 2.24) is 10.3 Å². The van der Waals surface area contributed by atoms with Crippen molar-refractivity contribution in [1.29, 1.82) is 0 Å². The molecule has 1 aliphatic rings. The molecular weight excluding hydrogens is 264 g/mol. The summed E-state index contributed by atoms with van der Waals surface area (Å²) in [4.78, 5) is 27.3. The summed E-state index contributed by atoms with van der Waals surface area (Å²) in [5.41, 5.74) is 0. The van der Waals surface area contributed by atoms with Crippen molar-refractivity contribution in [2.45, 2.75) is 32.1 Å². The summed E-state index contributed by atoms with van der Waals surface area (Å²) >= 11 is 1.56. The van der Waals surface area contributed by atoms with Crippen LogP contribution in [0.1, 0.15) is 30.7 Å². The molecule has 19 heavy (non-hydrogen) atoms. The van der Waals surface area contributed by atoms with Gasteiger partial charge < -0.3 is 10.4 Å². The quantitative estimate of drug-likeness (QED) is 0.861. The Hall–Kier alpha value is -1.43. The number of amides is 1. The second kappa shape index (κ2) is 6.65. The zero-order valence-corrected chi connectivity index (χ0v) is 11.5. The van der Waals surface area contributed by atoms with E-state index in [1.165, 1.54) is 0 Å². The maximum Gasteiger partial charge on any atom is 0.307 e. The number of aliphatic carboxylic acids is 1. The van der Waals surface area contributed by atoms with Crippen LogP contribution in [-0.4, -0.2) is 28.5 Å². The van der Waals surface area contributed by atoms with Crippen LogP contribution < -0.4 is 5.32 Å². The summed E-state index contributed by atoms with van der Waals surface area (Å²) in [5, 5.41) is 14.9. The van der Waals surface area contributed by atoms with Gasteiger partial charge in [0.1, 0.15) is 0 Å². The summed E-state index contributed by atoms with van der Waals surface area (Å²) in [7, 11) is 0. The molecule has 1 heterocycles. The van der Waals surface area contributed by atoms with Crippen LogP contribution in [0.5, 0.6) is 0 Å². The third-order valence-corrected chi connectivity index (χ3v) is 4.38.